The van der Waals surface area contributed by atoms with E-state index >= 15 is 0 Å². The van der Waals surface area contributed by atoms with Gasteiger partial charge in [-0.15, -0.1) is 0 Å². The molecule has 2 aromatic rings. The molecule has 0 saturated heterocycles. The molecule has 0 spiro atoms. The van der Waals surface area contributed by atoms with Gasteiger partial charge in [0.25, 0.3) is 0 Å². The third kappa shape index (κ3) is 3.29. The average molecular weight is 233 g/mol. The van der Waals surface area contributed by atoms with Crippen LogP contribution in [0.1, 0.15) is 12.5 Å². The summed E-state index contributed by atoms with van der Waals surface area (Å²) in [6.45, 7) is 0.566. The fourth-order valence-electron chi connectivity index (χ4n) is 1.54. The van der Waals surface area contributed by atoms with Crippen LogP contribution in [0, 0.1) is 0 Å². The molecule has 2 rings (SSSR count). The molecule has 0 bridgehead atoms. The Hall–Kier alpha value is -1.88. The highest BCUT2D eigenvalue weighted by atomic mass is 16.5. The van der Waals surface area contributed by atoms with Crippen LogP contribution in [0.4, 0.5) is 0 Å². The lowest BCUT2D eigenvalue weighted by Gasteiger charge is -2.14. The predicted molar refractivity (Wildman–Crippen MR) is 62.7 cm³/mol. The van der Waals surface area contributed by atoms with Crippen molar-refractivity contribution >= 4 is 0 Å². The van der Waals surface area contributed by atoms with E-state index in [1.807, 2.05) is 30.3 Å². The van der Waals surface area contributed by atoms with Gasteiger partial charge in [-0.1, -0.05) is 18.2 Å². The first-order chi connectivity index (χ1) is 8.40. The van der Waals surface area contributed by atoms with Crippen molar-refractivity contribution in [3.05, 3.63) is 43.0 Å². The number of hydrogen-bond donors (Lipinski definition) is 1. The second-order valence-electron chi connectivity index (χ2n) is 3.66. The summed E-state index contributed by atoms with van der Waals surface area (Å²) in [7, 11) is 0. The van der Waals surface area contributed by atoms with Crippen LogP contribution in [0.3, 0.4) is 0 Å². The Balaban J connectivity index is 1.81. The maximum atomic E-state index is 9.25. The van der Waals surface area contributed by atoms with E-state index < -0.39 is 0 Å². The molecular formula is C12H15N3O2. The van der Waals surface area contributed by atoms with Gasteiger partial charge in [0.2, 0.25) is 0 Å². The normalized spacial score (nSPS) is 12.3. The predicted octanol–water partition coefficient (Wildman–Crippen LogP) is 1.28. The standard InChI is InChI=1S/C12H15N3O2/c16-8-11(15-10-13-9-14-15)6-7-17-12-4-2-1-3-5-12/h1-5,9-11,16H,6-8H2. The summed E-state index contributed by atoms with van der Waals surface area (Å²) < 4.78 is 7.21. The molecule has 0 amide bonds. The summed E-state index contributed by atoms with van der Waals surface area (Å²) in [5.74, 6) is 0.836. The lowest BCUT2D eigenvalue weighted by atomic mass is 10.2. The van der Waals surface area contributed by atoms with Crippen molar-refractivity contribution in [1.29, 1.82) is 0 Å². The van der Waals surface area contributed by atoms with Crippen molar-refractivity contribution in [2.75, 3.05) is 13.2 Å². The number of ether oxygens (including phenoxy) is 1. The molecule has 17 heavy (non-hydrogen) atoms. The zero-order valence-corrected chi connectivity index (χ0v) is 9.44. The zero-order valence-electron chi connectivity index (χ0n) is 9.44. The second-order valence-corrected chi connectivity index (χ2v) is 3.66. The van der Waals surface area contributed by atoms with Crippen LogP contribution in [0.2, 0.25) is 0 Å². The zero-order chi connectivity index (χ0) is 11.9. The summed E-state index contributed by atoms with van der Waals surface area (Å²) in [6, 6.07) is 9.53. The van der Waals surface area contributed by atoms with Crippen molar-refractivity contribution in [2.45, 2.75) is 12.5 Å². The minimum atomic E-state index is -0.0822. The fourth-order valence-corrected chi connectivity index (χ4v) is 1.54. The van der Waals surface area contributed by atoms with E-state index in [1.54, 1.807) is 11.0 Å². The number of rotatable bonds is 6. The first-order valence-electron chi connectivity index (χ1n) is 5.53. The molecule has 1 atom stereocenters. The van der Waals surface area contributed by atoms with Crippen LogP contribution in [-0.4, -0.2) is 33.1 Å². The molecule has 90 valence electrons. The third-order valence-corrected chi connectivity index (χ3v) is 2.48. The molecule has 0 aliphatic carbocycles. The van der Waals surface area contributed by atoms with Crippen molar-refractivity contribution in [3.63, 3.8) is 0 Å². The minimum absolute atomic E-state index is 0.0293. The van der Waals surface area contributed by atoms with Crippen LogP contribution < -0.4 is 4.74 Å². The molecule has 5 nitrogen and oxygen atoms in total. The molecule has 0 aliphatic heterocycles. The molecule has 5 heteroatoms. The maximum absolute atomic E-state index is 9.25. The molecule has 1 unspecified atom stereocenters. The monoisotopic (exact) mass is 233 g/mol. The summed E-state index contributed by atoms with van der Waals surface area (Å²) in [5.41, 5.74) is 0. The lowest BCUT2D eigenvalue weighted by molar-refractivity contribution is 0.185. The lowest BCUT2D eigenvalue weighted by Crippen LogP contribution is -2.17. The number of nitrogens with zero attached hydrogens (tertiary/aromatic N) is 3. The Kier molecular flexibility index (Phi) is 4.10. The van der Waals surface area contributed by atoms with Gasteiger partial charge in [-0.25, -0.2) is 9.67 Å². The van der Waals surface area contributed by atoms with Crippen LogP contribution >= 0.6 is 0 Å². The first-order valence-corrected chi connectivity index (χ1v) is 5.53. The number of benzene rings is 1. The number of hydrogen-bond acceptors (Lipinski definition) is 4. The van der Waals surface area contributed by atoms with Gasteiger partial charge < -0.3 is 9.84 Å². The van der Waals surface area contributed by atoms with Crippen LogP contribution in [0.25, 0.3) is 0 Å². The molecule has 0 saturated carbocycles. The van der Waals surface area contributed by atoms with Crippen LogP contribution in [0.15, 0.2) is 43.0 Å². The summed E-state index contributed by atoms with van der Waals surface area (Å²) in [5, 5.41) is 13.3. The number of aromatic nitrogens is 3. The topological polar surface area (TPSA) is 60.2 Å². The maximum Gasteiger partial charge on any atom is 0.137 e. The largest absolute Gasteiger partial charge is 0.494 e. The van der Waals surface area contributed by atoms with Gasteiger partial charge in [0, 0.05) is 6.42 Å². The fraction of sp³-hybridized carbons (Fsp3) is 0.333. The summed E-state index contributed by atoms with van der Waals surface area (Å²) in [4.78, 5) is 3.86. The Morgan fingerprint density at radius 1 is 1.29 bits per heavy atom. The van der Waals surface area contributed by atoms with Crippen LogP contribution in [-0.2, 0) is 0 Å². The molecule has 1 aromatic heterocycles. The molecule has 0 fully saturated rings. The van der Waals surface area contributed by atoms with Crippen molar-refractivity contribution < 1.29 is 9.84 Å². The summed E-state index contributed by atoms with van der Waals surface area (Å²) in [6.07, 6.45) is 3.75. The highest BCUT2D eigenvalue weighted by Crippen LogP contribution is 2.12. The van der Waals surface area contributed by atoms with E-state index in [-0.39, 0.29) is 12.6 Å². The number of para-hydroxylation sites is 1. The van der Waals surface area contributed by atoms with Crippen molar-refractivity contribution in [1.82, 2.24) is 14.8 Å². The minimum Gasteiger partial charge on any atom is -0.494 e. The molecule has 0 radical (unpaired) electrons. The number of aliphatic hydroxyl groups is 1. The average Bonchev–Trinajstić information content (AvgIpc) is 2.90. The van der Waals surface area contributed by atoms with Crippen molar-refractivity contribution in [2.24, 2.45) is 0 Å². The van der Waals surface area contributed by atoms with Gasteiger partial charge in [-0.05, 0) is 12.1 Å². The van der Waals surface area contributed by atoms with Gasteiger partial charge in [0.1, 0.15) is 18.4 Å². The van der Waals surface area contributed by atoms with Gasteiger partial charge >= 0.3 is 0 Å². The SMILES string of the molecule is OCC(CCOc1ccccc1)n1cncn1. The van der Waals surface area contributed by atoms with Crippen LogP contribution in [0.5, 0.6) is 5.75 Å². The molecule has 0 aliphatic rings. The van der Waals surface area contributed by atoms with E-state index in [0.717, 1.165) is 5.75 Å². The Morgan fingerprint density at radius 3 is 2.76 bits per heavy atom. The molecular weight excluding hydrogens is 218 g/mol. The highest BCUT2D eigenvalue weighted by molar-refractivity contribution is 5.20. The van der Waals surface area contributed by atoms with E-state index in [0.29, 0.717) is 13.0 Å². The van der Waals surface area contributed by atoms with Crippen molar-refractivity contribution in [3.8, 4) is 5.75 Å². The quantitative estimate of drug-likeness (QED) is 0.816. The Bertz CT molecular complexity index is 417. The molecule has 1 N–H and O–H groups in total. The molecule has 1 aromatic carbocycles. The van der Waals surface area contributed by atoms with E-state index in [9.17, 15) is 5.11 Å². The molecule has 1 heterocycles. The van der Waals surface area contributed by atoms with Gasteiger partial charge in [-0.2, -0.15) is 5.10 Å². The number of aliphatic hydroxyl groups excluding tert-OH is 1. The first kappa shape index (κ1) is 11.6. The smallest absolute Gasteiger partial charge is 0.137 e. The summed E-state index contributed by atoms with van der Waals surface area (Å²) >= 11 is 0. The van der Waals surface area contributed by atoms with E-state index in [1.165, 1.54) is 6.33 Å². The Morgan fingerprint density at radius 2 is 2.12 bits per heavy atom. The van der Waals surface area contributed by atoms with Gasteiger partial charge in [-0.3, -0.25) is 0 Å². The van der Waals surface area contributed by atoms with Gasteiger partial charge in [0.05, 0.1) is 19.3 Å². The van der Waals surface area contributed by atoms with Gasteiger partial charge in [0.15, 0.2) is 0 Å². The third-order valence-electron chi connectivity index (χ3n) is 2.48. The van der Waals surface area contributed by atoms with E-state index in [2.05, 4.69) is 10.1 Å². The second kappa shape index (κ2) is 6.00. The van der Waals surface area contributed by atoms with E-state index in [4.69, 9.17) is 4.74 Å². The Labute approximate surface area is 99.7 Å². The highest BCUT2D eigenvalue weighted by Gasteiger charge is 2.10.